The first-order valence-corrected chi connectivity index (χ1v) is 7.77. The molecule has 0 bridgehead atoms. The fraction of sp³-hybridized carbons (Fsp3) is 0.600. The Bertz CT molecular complexity index is 405. The number of benzene rings is 1. The summed E-state index contributed by atoms with van der Waals surface area (Å²) in [6, 6.07) is 5.14. The van der Waals surface area contributed by atoms with Crippen LogP contribution in [0.2, 0.25) is 0 Å². The molecule has 106 valence electrons. The van der Waals surface area contributed by atoms with Gasteiger partial charge in [-0.05, 0) is 70.1 Å². The van der Waals surface area contributed by atoms with E-state index in [1.165, 1.54) is 25.3 Å². The van der Waals surface area contributed by atoms with Crippen molar-refractivity contribution in [2.24, 2.45) is 5.92 Å². The molecule has 19 heavy (non-hydrogen) atoms. The maximum atomic E-state index is 13.7. The maximum absolute atomic E-state index is 13.7. The van der Waals surface area contributed by atoms with Gasteiger partial charge in [-0.25, -0.2) is 4.39 Å². The molecule has 1 fully saturated rings. The summed E-state index contributed by atoms with van der Waals surface area (Å²) in [5, 5.41) is 3.39. The van der Waals surface area contributed by atoms with Gasteiger partial charge in [0.05, 0.1) is 0 Å². The van der Waals surface area contributed by atoms with Crippen molar-refractivity contribution in [3.8, 4) is 0 Å². The second-order valence-corrected chi connectivity index (χ2v) is 6.37. The van der Waals surface area contributed by atoms with Crippen LogP contribution in [0, 0.1) is 11.7 Å². The number of hydrogen-bond donors (Lipinski definition) is 1. The largest absolute Gasteiger partial charge is 0.317 e. The lowest BCUT2D eigenvalue weighted by Gasteiger charge is -2.25. The third-order valence-corrected chi connectivity index (χ3v) is 4.32. The minimum Gasteiger partial charge on any atom is -0.317 e. The molecule has 0 aliphatic carbocycles. The van der Waals surface area contributed by atoms with Crippen molar-refractivity contribution in [1.82, 2.24) is 10.2 Å². The summed E-state index contributed by atoms with van der Waals surface area (Å²) < 4.78 is 14.6. The molecule has 1 saturated heterocycles. The molecule has 0 saturated carbocycles. The number of halogens is 2. The second-order valence-electron chi connectivity index (χ2n) is 5.46. The molecular weight excluding hydrogens is 307 g/mol. The zero-order valence-corrected chi connectivity index (χ0v) is 13.0. The summed E-state index contributed by atoms with van der Waals surface area (Å²) in [6.45, 7) is 4.01. The first-order chi connectivity index (χ1) is 9.15. The van der Waals surface area contributed by atoms with E-state index >= 15 is 0 Å². The summed E-state index contributed by atoms with van der Waals surface area (Å²) in [5.74, 6) is 0.716. The molecule has 1 aromatic carbocycles. The van der Waals surface area contributed by atoms with E-state index in [2.05, 4.69) is 33.2 Å². The van der Waals surface area contributed by atoms with Crippen molar-refractivity contribution >= 4 is 15.9 Å². The van der Waals surface area contributed by atoms with Gasteiger partial charge >= 0.3 is 0 Å². The van der Waals surface area contributed by atoms with Crippen LogP contribution in [0.25, 0.3) is 0 Å². The van der Waals surface area contributed by atoms with Crippen molar-refractivity contribution in [2.45, 2.75) is 25.8 Å². The molecule has 0 atom stereocenters. The predicted octanol–water partition coefficient (Wildman–Crippen LogP) is 3.41. The van der Waals surface area contributed by atoms with Gasteiger partial charge in [-0.1, -0.05) is 15.9 Å². The normalized spacial score (nSPS) is 17.1. The van der Waals surface area contributed by atoms with Crippen LogP contribution in [-0.4, -0.2) is 31.6 Å². The van der Waals surface area contributed by atoms with Crippen molar-refractivity contribution in [2.75, 3.05) is 26.7 Å². The highest BCUT2D eigenvalue weighted by Crippen LogP contribution is 2.19. The van der Waals surface area contributed by atoms with Crippen LogP contribution in [0.5, 0.6) is 0 Å². The lowest BCUT2D eigenvalue weighted by Crippen LogP contribution is -2.30. The molecule has 1 N–H and O–H groups in total. The molecule has 1 aliphatic rings. The second kappa shape index (κ2) is 7.36. The Morgan fingerprint density at radius 2 is 2.11 bits per heavy atom. The fourth-order valence-corrected chi connectivity index (χ4v) is 3.02. The highest BCUT2D eigenvalue weighted by Gasteiger charge is 2.14. The molecule has 0 spiro atoms. The molecule has 0 radical (unpaired) electrons. The quantitative estimate of drug-likeness (QED) is 0.891. The van der Waals surface area contributed by atoms with E-state index in [0.717, 1.165) is 35.6 Å². The van der Waals surface area contributed by atoms with Gasteiger partial charge < -0.3 is 10.2 Å². The fourth-order valence-electron chi connectivity index (χ4n) is 2.61. The number of hydrogen-bond acceptors (Lipinski definition) is 2. The molecule has 4 heteroatoms. The van der Waals surface area contributed by atoms with E-state index < -0.39 is 0 Å². The lowest BCUT2D eigenvalue weighted by molar-refractivity contribution is 0.263. The summed E-state index contributed by atoms with van der Waals surface area (Å²) >= 11 is 3.40. The SMILES string of the molecule is CN(CCC1CCNCC1)Cc1cc(Br)ccc1F. The summed E-state index contributed by atoms with van der Waals surface area (Å²) in [6.07, 6.45) is 3.77. The third-order valence-electron chi connectivity index (χ3n) is 3.83. The Balaban J connectivity index is 1.80. The van der Waals surface area contributed by atoms with Crippen LogP contribution in [0.4, 0.5) is 4.39 Å². The minimum absolute atomic E-state index is 0.114. The lowest BCUT2D eigenvalue weighted by atomic mass is 9.94. The van der Waals surface area contributed by atoms with E-state index in [1.807, 2.05) is 6.07 Å². The van der Waals surface area contributed by atoms with Gasteiger partial charge in [-0.2, -0.15) is 0 Å². The minimum atomic E-state index is -0.114. The van der Waals surface area contributed by atoms with E-state index in [0.29, 0.717) is 6.54 Å². The van der Waals surface area contributed by atoms with E-state index in [-0.39, 0.29) is 5.82 Å². The number of nitrogens with one attached hydrogen (secondary N) is 1. The molecule has 1 aromatic rings. The molecule has 1 aliphatic heterocycles. The summed E-state index contributed by atoms with van der Waals surface area (Å²) in [4.78, 5) is 2.22. The van der Waals surface area contributed by atoms with E-state index in [1.54, 1.807) is 6.07 Å². The monoisotopic (exact) mass is 328 g/mol. The maximum Gasteiger partial charge on any atom is 0.127 e. The third kappa shape index (κ3) is 4.86. The van der Waals surface area contributed by atoms with Crippen LogP contribution in [0.3, 0.4) is 0 Å². The highest BCUT2D eigenvalue weighted by molar-refractivity contribution is 9.10. The smallest absolute Gasteiger partial charge is 0.127 e. The summed E-state index contributed by atoms with van der Waals surface area (Å²) in [5.41, 5.74) is 0.766. The van der Waals surface area contributed by atoms with Crippen LogP contribution in [-0.2, 0) is 6.54 Å². The average molecular weight is 329 g/mol. The number of rotatable bonds is 5. The Morgan fingerprint density at radius 3 is 2.84 bits per heavy atom. The standard InChI is InChI=1S/C15H22BrFN2/c1-19(9-6-12-4-7-18-8-5-12)11-13-10-14(16)2-3-15(13)17/h2-3,10,12,18H,4-9,11H2,1H3. The van der Waals surface area contributed by atoms with Gasteiger partial charge in [0, 0.05) is 16.6 Å². The number of nitrogens with zero attached hydrogens (tertiary/aromatic N) is 1. The van der Waals surface area contributed by atoms with Crippen LogP contribution in [0.15, 0.2) is 22.7 Å². The predicted molar refractivity (Wildman–Crippen MR) is 80.6 cm³/mol. The Hall–Kier alpha value is -0.450. The van der Waals surface area contributed by atoms with Gasteiger partial charge in [0.2, 0.25) is 0 Å². The number of piperidine rings is 1. The van der Waals surface area contributed by atoms with Crippen LogP contribution in [0.1, 0.15) is 24.8 Å². The zero-order valence-electron chi connectivity index (χ0n) is 11.5. The first kappa shape index (κ1) is 14.9. The first-order valence-electron chi connectivity index (χ1n) is 6.98. The van der Waals surface area contributed by atoms with Crippen LogP contribution < -0.4 is 5.32 Å². The molecule has 0 amide bonds. The summed E-state index contributed by atoms with van der Waals surface area (Å²) in [7, 11) is 2.07. The molecule has 2 nitrogen and oxygen atoms in total. The van der Waals surface area contributed by atoms with Crippen molar-refractivity contribution in [3.05, 3.63) is 34.1 Å². The topological polar surface area (TPSA) is 15.3 Å². The Kier molecular flexibility index (Phi) is 5.79. The molecule has 1 heterocycles. The van der Waals surface area contributed by atoms with Gasteiger partial charge in [0.1, 0.15) is 5.82 Å². The molecular formula is C15H22BrFN2. The van der Waals surface area contributed by atoms with Gasteiger partial charge in [-0.3, -0.25) is 0 Å². The highest BCUT2D eigenvalue weighted by atomic mass is 79.9. The zero-order chi connectivity index (χ0) is 13.7. The van der Waals surface area contributed by atoms with E-state index in [9.17, 15) is 4.39 Å². The Labute approximate surface area is 123 Å². The van der Waals surface area contributed by atoms with E-state index in [4.69, 9.17) is 0 Å². The molecule has 2 rings (SSSR count). The van der Waals surface area contributed by atoms with Crippen molar-refractivity contribution < 1.29 is 4.39 Å². The van der Waals surface area contributed by atoms with Gasteiger partial charge in [-0.15, -0.1) is 0 Å². The molecule has 0 unspecified atom stereocenters. The Morgan fingerprint density at radius 1 is 1.37 bits per heavy atom. The van der Waals surface area contributed by atoms with Gasteiger partial charge in [0.15, 0.2) is 0 Å². The molecule has 0 aromatic heterocycles. The van der Waals surface area contributed by atoms with Gasteiger partial charge in [0.25, 0.3) is 0 Å². The van der Waals surface area contributed by atoms with Crippen molar-refractivity contribution in [3.63, 3.8) is 0 Å². The van der Waals surface area contributed by atoms with Crippen LogP contribution >= 0.6 is 15.9 Å². The average Bonchev–Trinajstić information content (AvgIpc) is 2.42. The van der Waals surface area contributed by atoms with Crippen molar-refractivity contribution in [1.29, 1.82) is 0 Å².